The zero-order chi connectivity index (χ0) is 11.1. The highest BCUT2D eigenvalue weighted by Gasteiger charge is 2.44. The van der Waals surface area contributed by atoms with E-state index in [1.165, 1.54) is 26.4 Å². The molecule has 0 spiro atoms. The van der Waals surface area contributed by atoms with E-state index in [1.54, 1.807) is 0 Å². The molecule has 0 aliphatic heterocycles. The molecule has 0 heterocycles. The summed E-state index contributed by atoms with van der Waals surface area (Å²) in [6.07, 6.45) is 6.84. The van der Waals surface area contributed by atoms with Gasteiger partial charge in [-0.15, -0.1) is 0 Å². The van der Waals surface area contributed by atoms with Crippen molar-refractivity contribution in [3.05, 3.63) is 0 Å². The number of carbonyl (C=O) groups is 1. The second-order valence-corrected chi connectivity index (χ2v) is 4.51. The molecular formula is C12H23NO2. The smallest absolute Gasteiger partial charge is 0.313 e. The number of rotatable bonds is 7. The number of nitrogens with one attached hydrogen (secondary N) is 1. The maximum Gasteiger partial charge on any atom is 0.313 e. The topological polar surface area (TPSA) is 38.3 Å². The van der Waals surface area contributed by atoms with Crippen molar-refractivity contribution in [3.8, 4) is 0 Å². The van der Waals surface area contributed by atoms with Crippen molar-refractivity contribution in [2.75, 3.05) is 20.2 Å². The van der Waals surface area contributed by atoms with Gasteiger partial charge in [-0.05, 0) is 25.8 Å². The summed E-state index contributed by atoms with van der Waals surface area (Å²) in [5, 5.41) is 3.38. The molecule has 0 aromatic carbocycles. The summed E-state index contributed by atoms with van der Waals surface area (Å²) in [4.78, 5) is 11.6. The first kappa shape index (κ1) is 12.5. The molecule has 3 nitrogen and oxygen atoms in total. The molecule has 1 rings (SSSR count). The van der Waals surface area contributed by atoms with Gasteiger partial charge in [0.05, 0.1) is 12.5 Å². The Hall–Kier alpha value is -0.570. The standard InChI is InChI=1S/C12H23NO2/c1-3-4-5-9-13-10-12(7-6-8-12)11(14)15-2/h13H,3-10H2,1-2H3. The number of unbranched alkanes of at least 4 members (excludes halogenated alkanes) is 2. The third kappa shape index (κ3) is 3.20. The molecule has 1 N–H and O–H groups in total. The minimum absolute atomic E-state index is 0.0308. The van der Waals surface area contributed by atoms with E-state index in [2.05, 4.69) is 12.2 Å². The van der Waals surface area contributed by atoms with Crippen LogP contribution in [-0.4, -0.2) is 26.2 Å². The largest absolute Gasteiger partial charge is 0.469 e. The first-order valence-electron chi connectivity index (χ1n) is 6.04. The van der Waals surface area contributed by atoms with E-state index in [1.807, 2.05) is 0 Å². The molecule has 1 aliphatic rings. The van der Waals surface area contributed by atoms with Gasteiger partial charge in [-0.1, -0.05) is 26.2 Å². The fraction of sp³-hybridized carbons (Fsp3) is 0.917. The second-order valence-electron chi connectivity index (χ2n) is 4.51. The lowest BCUT2D eigenvalue weighted by Crippen LogP contribution is -2.47. The van der Waals surface area contributed by atoms with Crippen molar-refractivity contribution in [2.24, 2.45) is 5.41 Å². The van der Waals surface area contributed by atoms with Gasteiger partial charge < -0.3 is 10.1 Å². The van der Waals surface area contributed by atoms with Crippen LogP contribution in [0.5, 0.6) is 0 Å². The lowest BCUT2D eigenvalue weighted by molar-refractivity contribution is -0.158. The number of hydrogen-bond donors (Lipinski definition) is 1. The maximum absolute atomic E-state index is 11.6. The Bertz CT molecular complexity index is 200. The van der Waals surface area contributed by atoms with Gasteiger partial charge in [0.1, 0.15) is 0 Å². The predicted octanol–water partition coefficient (Wildman–Crippen LogP) is 2.11. The van der Waals surface area contributed by atoms with Crippen LogP contribution in [0.3, 0.4) is 0 Å². The third-order valence-corrected chi connectivity index (χ3v) is 3.35. The zero-order valence-electron chi connectivity index (χ0n) is 9.97. The van der Waals surface area contributed by atoms with Crippen molar-refractivity contribution >= 4 is 5.97 Å². The normalized spacial score (nSPS) is 18.3. The van der Waals surface area contributed by atoms with Crippen LogP contribution in [0.15, 0.2) is 0 Å². The van der Waals surface area contributed by atoms with Crippen LogP contribution >= 0.6 is 0 Å². The van der Waals surface area contributed by atoms with E-state index >= 15 is 0 Å². The molecule has 0 unspecified atom stereocenters. The highest BCUT2D eigenvalue weighted by atomic mass is 16.5. The van der Waals surface area contributed by atoms with E-state index in [0.717, 1.165) is 32.4 Å². The molecule has 1 aliphatic carbocycles. The van der Waals surface area contributed by atoms with Crippen molar-refractivity contribution in [2.45, 2.75) is 45.4 Å². The van der Waals surface area contributed by atoms with Gasteiger partial charge in [0, 0.05) is 6.54 Å². The van der Waals surface area contributed by atoms with Gasteiger partial charge in [-0.25, -0.2) is 0 Å². The van der Waals surface area contributed by atoms with Crippen molar-refractivity contribution in [1.29, 1.82) is 0 Å². The van der Waals surface area contributed by atoms with Crippen LogP contribution in [0, 0.1) is 5.41 Å². The van der Waals surface area contributed by atoms with Gasteiger partial charge in [-0.2, -0.15) is 0 Å². The Balaban J connectivity index is 2.19. The minimum Gasteiger partial charge on any atom is -0.469 e. The van der Waals surface area contributed by atoms with Crippen LogP contribution < -0.4 is 5.32 Å². The molecule has 0 atom stereocenters. The summed E-state index contributed by atoms with van der Waals surface area (Å²) < 4.78 is 4.86. The number of esters is 1. The maximum atomic E-state index is 11.6. The fourth-order valence-corrected chi connectivity index (χ4v) is 2.10. The number of hydrogen-bond acceptors (Lipinski definition) is 3. The van der Waals surface area contributed by atoms with E-state index < -0.39 is 0 Å². The van der Waals surface area contributed by atoms with Crippen LogP contribution in [0.2, 0.25) is 0 Å². The minimum atomic E-state index is -0.193. The van der Waals surface area contributed by atoms with Gasteiger partial charge >= 0.3 is 5.97 Å². The molecule has 1 saturated carbocycles. The van der Waals surface area contributed by atoms with Crippen molar-refractivity contribution in [1.82, 2.24) is 5.32 Å². The molecule has 0 aromatic rings. The molecule has 0 saturated heterocycles. The second kappa shape index (κ2) is 6.11. The molecule has 0 amide bonds. The molecule has 3 heteroatoms. The Labute approximate surface area is 92.6 Å². The predicted molar refractivity (Wildman–Crippen MR) is 60.7 cm³/mol. The molecule has 0 aromatic heterocycles. The van der Waals surface area contributed by atoms with Gasteiger partial charge in [0.15, 0.2) is 0 Å². The monoisotopic (exact) mass is 213 g/mol. The van der Waals surface area contributed by atoms with Gasteiger partial charge in [0.25, 0.3) is 0 Å². The van der Waals surface area contributed by atoms with Crippen molar-refractivity contribution < 1.29 is 9.53 Å². The zero-order valence-corrected chi connectivity index (χ0v) is 9.97. The van der Waals surface area contributed by atoms with E-state index in [0.29, 0.717) is 0 Å². The summed E-state index contributed by atoms with van der Waals surface area (Å²) in [7, 11) is 1.49. The Kier molecular flexibility index (Phi) is 5.09. The lowest BCUT2D eigenvalue weighted by Gasteiger charge is -2.39. The van der Waals surface area contributed by atoms with E-state index in [4.69, 9.17) is 4.74 Å². The Morgan fingerprint density at radius 2 is 2.13 bits per heavy atom. The Morgan fingerprint density at radius 1 is 1.40 bits per heavy atom. The summed E-state index contributed by atoms with van der Waals surface area (Å²) in [6, 6.07) is 0. The van der Waals surface area contributed by atoms with E-state index in [9.17, 15) is 4.79 Å². The van der Waals surface area contributed by atoms with E-state index in [-0.39, 0.29) is 11.4 Å². The summed E-state index contributed by atoms with van der Waals surface area (Å²) >= 11 is 0. The van der Waals surface area contributed by atoms with Crippen molar-refractivity contribution in [3.63, 3.8) is 0 Å². The highest BCUT2D eigenvalue weighted by Crippen LogP contribution is 2.41. The number of methoxy groups -OCH3 is 1. The molecule has 0 bridgehead atoms. The summed E-state index contributed by atoms with van der Waals surface area (Å²) in [5.74, 6) is -0.0308. The van der Waals surface area contributed by atoms with Gasteiger partial charge in [0.2, 0.25) is 0 Å². The Morgan fingerprint density at radius 3 is 2.60 bits per heavy atom. The average molecular weight is 213 g/mol. The van der Waals surface area contributed by atoms with Gasteiger partial charge in [-0.3, -0.25) is 4.79 Å². The molecule has 15 heavy (non-hydrogen) atoms. The highest BCUT2D eigenvalue weighted by molar-refractivity contribution is 5.78. The molecular weight excluding hydrogens is 190 g/mol. The number of carbonyl (C=O) groups excluding carboxylic acids is 1. The quantitative estimate of drug-likeness (QED) is 0.520. The average Bonchev–Trinajstić information content (AvgIpc) is 2.20. The van der Waals surface area contributed by atoms with Crippen LogP contribution in [0.1, 0.15) is 45.4 Å². The molecule has 0 radical (unpaired) electrons. The lowest BCUT2D eigenvalue weighted by atomic mass is 9.68. The van der Waals surface area contributed by atoms with Crippen LogP contribution in [0.4, 0.5) is 0 Å². The third-order valence-electron chi connectivity index (χ3n) is 3.35. The first-order valence-corrected chi connectivity index (χ1v) is 6.04. The van der Waals surface area contributed by atoms with Crippen LogP contribution in [0.25, 0.3) is 0 Å². The van der Waals surface area contributed by atoms with Crippen LogP contribution in [-0.2, 0) is 9.53 Å². The first-order chi connectivity index (χ1) is 7.25. The number of ether oxygens (including phenoxy) is 1. The summed E-state index contributed by atoms with van der Waals surface area (Å²) in [6.45, 7) is 4.01. The fourth-order valence-electron chi connectivity index (χ4n) is 2.10. The molecule has 88 valence electrons. The molecule has 1 fully saturated rings. The summed E-state index contributed by atoms with van der Waals surface area (Å²) in [5.41, 5.74) is -0.193. The SMILES string of the molecule is CCCCCNCC1(C(=O)OC)CCC1.